The number of carbonyl (C=O) groups is 2. The number of ether oxygens (including phenoxy) is 2. The van der Waals surface area contributed by atoms with Crippen LogP contribution in [0.15, 0.2) is 134 Å². The van der Waals surface area contributed by atoms with Gasteiger partial charge in [0, 0.05) is 46.9 Å². The monoisotopic (exact) mass is 868 g/mol. The van der Waals surface area contributed by atoms with E-state index in [1.807, 2.05) is 109 Å². The van der Waals surface area contributed by atoms with Crippen molar-refractivity contribution in [3.05, 3.63) is 173 Å². The number of likely N-dealkylation sites (tertiary alicyclic amines) is 2. The van der Waals surface area contributed by atoms with Crippen LogP contribution in [0.25, 0.3) is 0 Å². The second-order valence-electron chi connectivity index (χ2n) is 13.9. The van der Waals surface area contributed by atoms with Crippen LogP contribution in [0.5, 0.6) is 0 Å². The standard InChI is InChI=1S/C43H42Br2N4O6/c1-29-26-46(22-8-23-47-36(32-14-18-34(44)19-15-32)38(41(47)51)54-27-30-10-4-2-5-11-30)43(53)49(40(29)50)25-9-24-48-37(33-16-20-35(45)21-17-33)39(42(48)52)55-28-31-12-6-3-7-13-31/h2-7,10-21,26,36-39H,8-9,22-25,27-28H2,1H3/t36-,37-,38+,39+/m1/s1. The molecule has 10 nitrogen and oxygen atoms in total. The molecule has 3 heterocycles. The molecule has 12 heteroatoms. The fourth-order valence-corrected chi connectivity index (χ4v) is 7.90. The van der Waals surface area contributed by atoms with Gasteiger partial charge in [0.2, 0.25) is 0 Å². The van der Waals surface area contributed by atoms with Gasteiger partial charge in [0.1, 0.15) is 0 Å². The van der Waals surface area contributed by atoms with Crippen LogP contribution >= 0.6 is 31.9 Å². The largest absolute Gasteiger partial charge is 0.361 e. The summed E-state index contributed by atoms with van der Waals surface area (Å²) in [5, 5.41) is 0. The summed E-state index contributed by atoms with van der Waals surface area (Å²) in [6.07, 6.45) is 1.26. The Morgan fingerprint density at radius 2 is 1.00 bits per heavy atom. The van der Waals surface area contributed by atoms with Crippen LogP contribution in [0, 0.1) is 6.92 Å². The smallest absolute Gasteiger partial charge is 0.330 e. The molecule has 4 aromatic carbocycles. The third kappa shape index (κ3) is 8.62. The first kappa shape index (κ1) is 38.6. The molecule has 0 bridgehead atoms. The van der Waals surface area contributed by atoms with Gasteiger partial charge in [-0.25, -0.2) is 4.79 Å². The summed E-state index contributed by atoms with van der Waals surface area (Å²) in [4.78, 5) is 57.3. The fraction of sp³-hybridized carbons (Fsp3) is 0.302. The lowest BCUT2D eigenvalue weighted by Gasteiger charge is -2.47. The van der Waals surface area contributed by atoms with E-state index in [4.69, 9.17) is 9.47 Å². The maximum Gasteiger partial charge on any atom is 0.330 e. The lowest BCUT2D eigenvalue weighted by atomic mass is 9.90. The van der Waals surface area contributed by atoms with E-state index in [2.05, 4.69) is 31.9 Å². The zero-order valence-electron chi connectivity index (χ0n) is 30.4. The predicted octanol–water partition coefficient (Wildman–Crippen LogP) is 6.96. The molecule has 284 valence electrons. The number of amides is 2. The number of halogens is 2. The van der Waals surface area contributed by atoms with Crippen LogP contribution in [0.4, 0.5) is 0 Å². The van der Waals surface area contributed by atoms with E-state index < -0.39 is 17.9 Å². The number of carbonyl (C=O) groups excluding carboxylic acids is 2. The van der Waals surface area contributed by atoms with Gasteiger partial charge in [-0.15, -0.1) is 0 Å². The summed E-state index contributed by atoms with van der Waals surface area (Å²) in [5.74, 6) is -0.209. The maximum atomic E-state index is 13.7. The normalized spacial score (nSPS) is 19.3. The number of nitrogens with zero attached hydrogens (tertiary/aromatic N) is 4. The Bertz CT molecular complexity index is 2230. The maximum absolute atomic E-state index is 13.7. The molecule has 7 rings (SSSR count). The van der Waals surface area contributed by atoms with E-state index in [0.717, 1.165) is 31.2 Å². The molecule has 5 aromatic rings. The zero-order chi connectivity index (χ0) is 38.5. The van der Waals surface area contributed by atoms with Gasteiger partial charge in [-0.2, -0.15) is 0 Å². The molecule has 0 unspecified atom stereocenters. The number of hydrogen-bond acceptors (Lipinski definition) is 6. The summed E-state index contributed by atoms with van der Waals surface area (Å²) >= 11 is 6.99. The fourth-order valence-electron chi connectivity index (χ4n) is 7.37. The van der Waals surface area contributed by atoms with E-state index >= 15 is 0 Å². The summed E-state index contributed by atoms with van der Waals surface area (Å²) in [6, 6.07) is 34.7. The molecule has 0 radical (unpaired) electrons. The van der Waals surface area contributed by atoms with Crippen molar-refractivity contribution < 1.29 is 19.1 Å². The molecular weight excluding hydrogens is 828 g/mol. The highest BCUT2D eigenvalue weighted by atomic mass is 79.9. The van der Waals surface area contributed by atoms with Crippen LogP contribution in [-0.2, 0) is 45.4 Å². The summed E-state index contributed by atoms with van der Waals surface area (Å²) < 4.78 is 17.0. The molecule has 2 aliphatic rings. The first-order valence-electron chi connectivity index (χ1n) is 18.4. The third-order valence-corrected chi connectivity index (χ3v) is 11.3. The van der Waals surface area contributed by atoms with Crippen molar-refractivity contribution in [2.45, 2.75) is 70.4 Å². The predicted molar refractivity (Wildman–Crippen MR) is 216 cm³/mol. The zero-order valence-corrected chi connectivity index (χ0v) is 33.6. The number of benzene rings is 4. The first-order valence-corrected chi connectivity index (χ1v) is 20.0. The molecule has 2 saturated heterocycles. The molecule has 2 aliphatic heterocycles. The lowest BCUT2D eigenvalue weighted by Crippen LogP contribution is -2.60. The van der Waals surface area contributed by atoms with E-state index in [1.165, 1.54) is 4.57 Å². The van der Waals surface area contributed by atoms with Crippen LogP contribution in [-0.4, -0.2) is 56.0 Å². The second-order valence-corrected chi connectivity index (χ2v) is 15.8. The topological polar surface area (TPSA) is 103 Å². The number of aromatic nitrogens is 2. The number of β-lactam (4-membered cyclic amide) rings is 2. The Morgan fingerprint density at radius 3 is 1.45 bits per heavy atom. The second kappa shape index (κ2) is 17.5. The van der Waals surface area contributed by atoms with Gasteiger partial charge in [-0.3, -0.25) is 19.0 Å². The van der Waals surface area contributed by atoms with Crippen molar-refractivity contribution in [2.75, 3.05) is 13.1 Å². The van der Waals surface area contributed by atoms with Crippen molar-refractivity contribution in [2.24, 2.45) is 0 Å². The van der Waals surface area contributed by atoms with Crippen molar-refractivity contribution in [1.29, 1.82) is 0 Å². The molecule has 0 N–H and O–H groups in total. The summed E-state index contributed by atoms with van der Waals surface area (Å²) in [7, 11) is 0. The van der Waals surface area contributed by atoms with Crippen LogP contribution < -0.4 is 11.2 Å². The Labute approximate surface area is 336 Å². The van der Waals surface area contributed by atoms with E-state index in [0.29, 0.717) is 51.3 Å². The lowest BCUT2D eigenvalue weighted by molar-refractivity contribution is -0.177. The van der Waals surface area contributed by atoms with Crippen LogP contribution in [0.3, 0.4) is 0 Å². The van der Waals surface area contributed by atoms with Crippen molar-refractivity contribution >= 4 is 43.7 Å². The third-order valence-electron chi connectivity index (χ3n) is 10.3. The van der Waals surface area contributed by atoms with Crippen molar-refractivity contribution in [1.82, 2.24) is 18.9 Å². The van der Waals surface area contributed by atoms with Gasteiger partial charge in [0.05, 0.1) is 25.3 Å². The Hall–Kier alpha value is -4.62. The van der Waals surface area contributed by atoms with Gasteiger partial charge in [0.15, 0.2) is 12.2 Å². The van der Waals surface area contributed by atoms with Gasteiger partial charge >= 0.3 is 5.69 Å². The van der Waals surface area contributed by atoms with Crippen LogP contribution in [0.2, 0.25) is 0 Å². The van der Waals surface area contributed by atoms with E-state index in [-0.39, 0.29) is 36.0 Å². The minimum Gasteiger partial charge on any atom is -0.361 e. The molecule has 0 saturated carbocycles. The minimum atomic E-state index is -0.632. The highest BCUT2D eigenvalue weighted by Crippen LogP contribution is 2.39. The summed E-state index contributed by atoms with van der Waals surface area (Å²) in [6.45, 7) is 3.59. The number of hydrogen-bond donors (Lipinski definition) is 0. The van der Waals surface area contributed by atoms with Gasteiger partial charge in [0.25, 0.3) is 17.4 Å². The SMILES string of the molecule is Cc1cn(CCCN2C(=O)[C@@H](OCc3ccccc3)[C@H]2c2ccc(Br)cc2)c(=O)n(CCCN2C(=O)[C@@H](OCc3ccccc3)[C@H]2c2ccc(Br)cc2)c1=O. The van der Waals surface area contributed by atoms with Crippen molar-refractivity contribution in [3.63, 3.8) is 0 Å². The van der Waals surface area contributed by atoms with E-state index in [1.54, 1.807) is 27.5 Å². The van der Waals surface area contributed by atoms with Gasteiger partial charge in [-0.05, 0) is 66.3 Å². The molecule has 0 spiro atoms. The molecule has 4 atom stereocenters. The molecule has 2 amide bonds. The average Bonchev–Trinajstić information content (AvgIpc) is 3.20. The first-order chi connectivity index (χ1) is 26.7. The molecule has 0 aliphatic carbocycles. The van der Waals surface area contributed by atoms with Gasteiger partial charge in [-0.1, -0.05) is 117 Å². The van der Waals surface area contributed by atoms with Gasteiger partial charge < -0.3 is 23.8 Å². The Morgan fingerprint density at radius 1 is 0.564 bits per heavy atom. The molecule has 2 fully saturated rings. The van der Waals surface area contributed by atoms with E-state index in [9.17, 15) is 19.2 Å². The molecule has 55 heavy (non-hydrogen) atoms. The van der Waals surface area contributed by atoms with Crippen molar-refractivity contribution in [3.8, 4) is 0 Å². The quantitative estimate of drug-likeness (QED) is 0.0995. The summed E-state index contributed by atoms with van der Waals surface area (Å²) in [5.41, 5.74) is 3.58. The number of rotatable bonds is 16. The highest BCUT2D eigenvalue weighted by Gasteiger charge is 2.49. The molecule has 1 aromatic heterocycles. The highest BCUT2D eigenvalue weighted by molar-refractivity contribution is 9.10. The average molecular weight is 871 g/mol. The Balaban J connectivity index is 0.991. The van der Waals surface area contributed by atoms with Crippen LogP contribution in [0.1, 0.15) is 52.7 Å². The Kier molecular flexibility index (Phi) is 12.3. The molecular formula is C43H42Br2N4O6. The number of aryl methyl sites for hydroxylation is 2. The minimum absolute atomic E-state index is 0.0907.